The van der Waals surface area contributed by atoms with Gasteiger partial charge in [0.15, 0.2) is 5.69 Å². The highest BCUT2D eigenvalue weighted by atomic mass is 35.5. The fraction of sp³-hybridized carbons (Fsp3) is 0.385. The normalized spacial score (nSPS) is 23.4. The van der Waals surface area contributed by atoms with Gasteiger partial charge >= 0.3 is 5.97 Å². The van der Waals surface area contributed by atoms with Crippen LogP contribution in [-0.2, 0) is 16.6 Å². The maximum absolute atomic E-state index is 12.3. The Morgan fingerprint density at radius 1 is 1.52 bits per heavy atom. The first kappa shape index (κ1) is 15.9. The topological polar surface area (TPSA) is 105 Å². The third-order valence-electron chi connectivity index (χ3n) is 3.65. The number of hydrogen-bond acceptors (Lipinski definition) is 5. The predicted octanol–water partition coefficient (Wildman–Crippen LogP) is 0.446. The Bertz CT molecular complexity index is 759. The smallest absolute Gasteiger partial charge is 0.352 e. The average molecular weight is 357 g/mol. The van der Waals surface area contributed by atoms with Crippen LogP contribution in [0.15, 0.2) is 17.5 Å². The van der Waals surface area contributed by atoms with Crippen LogP contribution in [0.2, 0.25) is 5.02 Å². The molecule has 3 rings (SSSR count). The lowest BCUT2D eigenvalue weighted by molar-refractivity contribution is -0.148. The monoisotopic (exact) mass is 356 g/mol. The number of aromatic nitrogens is 2. The standard InChI is InChI=1S/C13H13ClN4O4S/c1-5-4-23-12-8(11(20)18(12)9(5)13(21)22)15-10(19)7-6(14)3-17(2)16-7/h3,8,12H,4H2,1-2H3,(H,15,19)(H,21,22)/t8-,12+/m1/s1. The minimum Gasteiger partial charge on any atom is -0.477 e. The fourth-order valence-electron chi connectivity index (χ4n) is 2.60. The summed E-state index contributed by atoms with van der Waals surface area (Å²) < 4.78 is 1.40. The summed E-state index contributed by atoms with van der Waals surface area (Å²) in [6.45, 7) is 1.68. The van der Waals surface area contributed by atoms with Crippen LogP contribution in [0.3, 0.4) is 0 Å². The number of nitrogens with one attached hydrogen (secondary N) is 1. The number of carbonyl (C=O) groups is 3. The van der Waals surface area contributed by atoms with E-state index in [0.717, 1.165) is 0 Å². The molecule has 10 heteroatoms. The maximum Gasteiger partial charge on any atom is 0.352 e. The van der Waals surface area contributed by atoms with Crippen molar-refractivity contribution in [2.24, 2.45) is 7.05 Å². The van der Waals surface area contributed by atoms with Gasteiger partial charge in [-0.2, -0.15) is 5.10 Å². The number of aryl methyl sites for hydroxylation is 1. The summed E-state index contributed by atoms with van der Waals surface area (Å²) in [7, 11) is 1.63. The lowest BCUT2D eigenvalue weighted by Gasteiger charge is -2.49. The van der Waals surface area contributed by atoms with E-state index in [1.54, 1.807) is 14.0 Å². The molecule has 0 spiro atoms. The molecule has 3 heterocycles. The molecule has 2 aliphatic rings. The third-order valence-corrected chi connectivity index (χ3v) is 5.35. The molecule has 0 unspecified atom stereocenters. The van der Waals surface area contributed by atoms with Gasteiger partial charge in [0.2, 0.25) is 0 Å². The lowest BCUT2D eigenvalue weighted by Crippen LogP contribution is -2.70. The van der Waals surface area contributed by atoms with Crippen molar-refractivity contribution in [3.05, 3.63) is 28.2 Å². The molecule has 0 aromatic carbocycles. The molecule has 1 aromatic heterocycles. The number of thioether (sulfide) groups is 1. The Labute approximate surface area is 140 Å². The zero-order valence-electron chi connectivity index (χ0n) is 12.2. The summed E-state index contributed by atoms with van der Waals surface area (Å²) in [6.07, 6.45) is 1.48. The average Bonchev–Trinajstić information content (AvgIpc) is 2.82. The van der Waals surface area contributed by atoms with E-state index < -0.39 is 29.2 Å². The van der Waals surface area contributed by atoms with Crippen LogP contribution < -0.4 is 5.32 Å². The van der Waals surface area contributed by atoms with Crippen molar-refractivity contribution in [1.29, 1.82) is 0 Å². The molecule has 0 bridgehead atoms. The number of rotatable bonds is 3. The van der Waals surface area contributed by atoms with Crippen LogP contribution in [0, 0.1) is 0 Å². The van der Waals surface area contributed by atoms with Gasteiger partial charge < -0.3 is 10.4 Å². The summed E-state index contributed by atoms with van der Waals surface area (Å²) in [4.78, 5) is 37.0. The Hall–Kier alpha value is -2.00. The zero-order chi connectivity index (χ0) is 16.9. The van der Waals surface area contributed by atoms with E-state index in [4.69, 9.17) is 11.6 Å². The molecule has 2 N–H and O–H groups in total. The van der Waals surface area contributed by atoms with Gasteiger partial charge in [0.1, 0.15) is 17.1 Å². The van der Waals surface area contributed by atoms with Gasteiger partial charge in [-0.15, -0.1) is 11.8 Å². The maximum atomic E-state index is 12.3. The van der Waals surface area contributed by atoms with Crippen molar-refractivity contribution in [1.82, 2.24) is 20.0 Å². The Morgan fingerprint density at radius 2 is 2.22 bits per heavy atom. The van der Waals surface area contributed by atoms with Crippen molar-refractivity contribution in [3.63, 3.8) is 0 Å². The van der Waals surface area contributed by atoms with Crippen LogP contribution >= 0.6 is 23.4 Å². The Kier molecular flexibility index (Phi) is 3.85. The van der Waals surface area contributed by atoms with E-state index in [1.807, 2.05) is 0 Å². The number of amides is 2. The third kappa shape index (κ3) is 2.49. The number of hydrogen-bond donors (Lipinski definition) is 2. The molecule has 2 aliphatic heterocycles. The highest BCUT2D eigenvalue weighted by Gasteiger charge is 2.53. The summed E-state index contributed by atoms with van der Waals surface area (Å²) >= 11 is 7.32. The van der Waals surface area contributed by atoms with Crippen molar-refractivity contribution in [2.75, 3.05) is 5.75 Å². The van der Waals surface area contributed by atoms with Gasteiger partial charge in [-0.05, 0) is 12.5 Å². The van der Waals surface area contributed by atoms with E-state index in [-0.39, 0.29) is 16.4 Å². The fourth-order valence-corrected chi connectivity index (χ4v) is 4.16. The Morgan fingerprint density at radius 3 is 2.78 bits per heavy atom. The van der Waals surface area contributed by atoms with Crippen molar-refractivity contribution >= 4 is 41.1 Å². The Balaban J connectivity index is 1.78. The van der Waals surface area contributed by atoms with Gasteiger partial charge in [-0.1, -0.05) is 11.6 Å². The lowest BCUT2D eigenvalue weighted by atomic mass is 10.0. The SMILES string of the molecule is CC1=C(C(=O)O)N2C(=O)[C@@H](NC(=O)c3nn(C)cc3Cl)[C@@H]2SC1. The first-order valence-corrected chi connectivity index (χ1v) is 8.11. The quantitative estimate of drug-likeness (QED) is 0.762. The van der Waals surface area contributed by atoms with Crippen LogP contribution in [0.1, 0.15) is 17.4 Å². The van der Waals surface area contributed by atoms with E-state index in [2.05, 4.69) is 10.4 Å². The number of carboxylic acid groups (broad SMARTS) is 1. The van der Waals surface area contributed by atoms with Crippen molar-refractivity contribution < 1.29 is 19.5 Å². The van der Waals surface area contributed by atoms with Crippen LogP contribution in [0.25, 0.3) is 0 Å². The highest BCUT2D eigenvalue weighted by Crippen LogP contribution is 2.40. The molecule has 122 valence electrons. The molecule has 23 heavy (non-hydrogen) atoms. The molecule has 8 nitrogen and oxygen atoms in total. The number of aliphatic carboxylic acids is 1. The van der Waals surface area contributed by atoms with Crippen LogP contribution in [0.4, 0.5) is 0 Å². The number of halogens is 1. The van der Waals surface area contributed by atoms with Gasteiger partial charge in [0.25, 0.3) is 11.8 Å². The summed E-state index contributed by atoms with van der Waals surface area (Å²) in [5.74, 6) is -1.65. The molecule has 1 fully saturated rings. The van der Waals surface area contributed by atoms with Crippen LogP contribution in [0.5, 0.6) is 0 Å². The number of carbonyl (C=O) groups excluding carboxylic acids is 2. The molecule has 1 saturated heterocycles. The van der Waals surface area contributed by atoms with E-state index in [9.17, 15) is 19.5 Å². The molecule has 1 aromatic rings. The molecule has 2 amide bonds. The first-order chi connectivity index (χ1) is 10.8. The first-order valence-electron chi connectivity index (χ1n) is 6.69. The highest BCUT2D eigenvalue weighted by molar-refractivity contribution is 8.00. The largest absolute Gasteiger partial charge is 0.477 e. The van der Waals surface area contributed by atoms with Crippen molar-refractivity contribution in [2.45, 2.75) is 18.3 Å². The molecular weight excluding hydrogens is 344 g/mol. The van der Waals surface area contributed by atoms with Gasteiger partial charge in [0.05, 0.1) is 5.02 Å². The summed E-state index contributed by atoms with van der Waals surface area (Å²) in [5, 5.41) is 15.5. The molecule has 2 atom stereocenters. The van der Waals surface area contributed by atoms with E-state index in [0.29, 0.717) is 11.3 Å². The molecule has 0 saturated carbocycles. The minimum atomic E-state index is -1.14. The second kappa shape index (κ2) is 5.57. The number of nitrogens with zero attached hydrogens (tertiary/aromatic N) is 3. The number of fused-ring (bicyclic) bond motifs is 1. The number of β-lactam (4-membered cyclic amide) rings is 1. The summed E-state index contributed by atoms with van der Waals surface area (Å²) in [5.41, 5.74) is 0.663. The van der Waals surface area contributed by atoms with Crippen molar-refractivity contribution in [3.8, 4) is 0 Å². The van der Waals surface area contributed by atoms with Gasteiger partial charge in [-0.3, -0.25) is 19.2 Å². The predicted molar refractivity (Wildman–Crippen MR) is 82.9 cm³/mol. The second-order valence-electron chi connectivity index (χ2n) is 5.29. The van der Waals surface area contributed by atoms with E-state index in [1.165, 1.54) is 27.5 Å². The second-order valence-corrected chi connectivity index (χ2v) is 6.81. The number of carboxylic acids is 1. The molecule has 0 radical (unpaired) electrons. The van der Waals surface area contributed by atoms with Crippen LogP contribution in [-0.4, -0.2) is 54.7 Å². The molecular formula is C13H13ClN4O4S. The van der Waals surface area contributed by atoms with E-state index >= 15 is 0 Å². The molecule has 0 aliphatic carbocycles. The summed E-state index contributed by atoms with van der Waals surface area (Å²) in [6, 6.07) is -0.784. The van der Waals surface area contributed by atoms with Gasteiger partial charge in [0, 0.05) is 19.0 Å². The minimum absolute atomic E-state index is 0.000109. The zero-order valence-corrected chi connectivity index (χ0v) is 13.8. The van der Waals surface area contributed by atoms with Gasteiger partial charge in [-0.25, -0.2) is 4.79 Å².